The molecule has 1 saturated heterocycles. The Balaban J connectivity index is 0.000000791. The highest BCUT2D eigenvalue weighted by Gasteiger charge is 2.32. The van der Waals surface area contributed by atoms with Gasteiger partial charge in [-0.15, -0.1) is 0 Å². The third-order valence-corrected chi connectivity index (χ3v) is 2.69. The SMILES string of the molecule is C=C/C(C)=C1/CN(C)CC1(C)C.CC. The normalized spacial score (nSPS) is 23.9. The van der Waals surface area contributed by atoms with Gasteiger partial charge in [0.1, 0.15) is 0 Å². The highest BCUT2D eigenvalue weighted by Crippen LogP contribution is 2.35. The van der Waals surface area contributed by atoms with Crippen LogP contribution in [0.4, 0.5) is 0 Å². The quantitative estimate of drug-likeness (QED) is 0.619. The second-order valence-corrected chi connectivity index (χ2v) is 4.42. The van der Waals surface area contributed by atoms with E-state index in [1.807, 2.05) is 19.9 Å². The van der Waals surface area contributed by atoms with Crippen LogP contribution in [-0.2, 0) is 0 Å². The topological polar surface area (TPSA) is 3.24 Å². The molecule has 0 aromatic carbocycles. The molecule has 0 aromatic heterocycles. The Bertz CT molecular complexity index is 223. The molecule has 82 valence electrons. The van der Waals surface area contributed by atoms with Crippen molar-refractivity contribution in [2.75, 3.05) is 20.1 Å². The Labute approximate surface area is 89.5 Å². The van der Waals surface area contributed by atoms with Crippen LogP contribution < -0.4 is 0 Å². The number of nitrogens with zero attached hydrogens (tertiary/aromatic N) is 1. The van der Waals surface area contributed by atoms with Gasteiger partial charge in [0.25, 0.3) is 0 Å². The van der Waals surface area contributed by atoms with E-state index in [4.69, 9.17) is 0 Å². The van der Waals surface area contributed by atoms with E-state index >= 15 is 0 Å². The van der Waals surface area contributed by atoms with Crippen LogP contribution in [0.25, 0.3) is 0 Å². The van der Waals surface area contributed by atoms with E-state index in [1.165, 1.54) is 5.57 Å². The Morgan fingerprint density at radius 1 is 1.43 bits per heavy atom. The van der Waals surface area contributed by atoms with Gasteiger partial charge in [-0.05, 0) is 19.5 Å². The fourth-order valence-corrected chi connectivity index (χ4v) is 2.09. The van der Waals surface area contributed by atoms with Crippen molar-refractivity contribution in [3.05, 3.63) is 23.8 Å². The molecule has 0 unspecified atom stereocenters. The summed E-state index contributed by atoms with van der Waals surface area (Å²) in [6, 6.07) is 0. The van der Waals surface area contributed by atoms with Crippen molar-refractivity contribution in [3.8, 4) is 0 Å². The van der Waals surface area contributed by atoms with Crippen LogP contribution >= 0.6 is 0 Å². The van der Waals surface area contributed by atoms with Crippen LogP contribution in [0.5, 0.6) is 0 Å². The molecule has 1 aliphatic rings. The van der Waals surface area contributed by atoms with Gasteiger partial charge in [-0.25, -0.2) is 0 Å². The van der Waals surface area contributed by atoms with E-state index in [9.17, 15) is 0 Å². The standard InChI is InChI=1S/C11H19N.C2H6/c1-6-9(2)10-7-12(5)8-11(10,3)4;1-2/h6H,1,7-8H2,2-5H3;1-2H3/b10-9-;. The van der Waals surface area contributed by atoms with Crippen molar-refractivity contribution in [2.24, 2.45) is 5.41 Å². The van der Waals surface area contributed by atoms with E-state index < -0.39 is 0 Å². The van der Waals surface area contributed by atoms with E-state index in [0.29, 0.717) is 5.41 Å². The number of hydrogen-bond acceptors (Lipinski definition) is 1. The second-order valence-electron chi connectivity index (χ2n) is 4.42. The maximum atomic E-state index is 3.82. The summed E-state index contributed by atoms with van der Waals surface area (Å²) in [7, 11) is 2.17. The van der Waals surface area contributed by atoms with Crippen LogP contribution in [0.15, 0.2) is 23.8 Å². The summed E-state index contributed by atoms with van der Waals surface area (Å²) in [6.45, 7) is 16.8. The van der Waals surface area contributed by atoms with Gasteiger partial charge < -0.3 is 4.90 Å². The first-order valence-corrected chi connectivity index (χ1v) is 5.48. The average molecular weight is 195 g/mol. The van der Waals surface area contributed by atoms with Crippen LogP contribution in [0, 0.1) is 5.41 Å². The second kappa shape index (κ2) is 5.35. The smallest absolute Gasteiger partial charge is 0.0201 e. The van der Waals surface area contributed by atoms with Crippen molar-refractivity contribution in [1.29, 1.82) is 0 Å². The average Bonchev–Trinajstić information content (AvgIpc) is 2.41. The molecule has 1 fully saturated rings. The molecule has 0 aliphatic carbocycles. The molecule has 1 heterocycles. The minimum Gasteiger partial charge on any atom is -0.302 e. The van der Waals surface area contributed by atoms with E-state index in [2.05, 4.69) is 39.3 Å². The van der Waals surface area contributed by atoms with Crippen LogP contribution in [0.2, 0.25) is 0 Å². The molecule has 1 rings (SSSR count). The fraction of sp³-hybridized carbons (Fsp3) is 0.692. The van der Waals surface area contributed by atoms with Gasteiger partial charge >= 0.3 is 0 Å². The van der Waals surface area contributed by atoms with Crippen molar-refractivity contribution in [1.82, 2.24) is 4.90 Å². The molecule has 1 aliphatic heterocycles. The molecule has 1 heteroatoms. The lowest BCUT2D eigenvalue weighted by Gasteiger charge is -2.20. The van der Waals surface area contributed by atoms with E-state index in [0.717, 1.165) is 13.1 Å². The van der Waals surface area contributed by atoms with Crippen molar-refractivity contribution < 1.29 is 0 Å². The molecule has 0 atom stereocenters. The highest BCUT2D eigenvalue weighted by atomic mass is 15.1. The zero-order valence-electron chi connectivity index (χ0n) is 10.6. The Hall–Kier alpha value is -0.560. The molecule has 0 bridgehead atoms. The molecule has 0 spiro atoms. The first-order valence-electron chi connectivity index (χ1n) is 5.48. The van der Waals surface area contributed by atoms with Crippen molar-refractivity contribution >= 4 is 0 Å². The number of allylic oxidation sites excluding steroid dienone is 2. The summed E-state index contributed by atoms with van der Waals surface area (Å²) >= 11 is 0. The van der Waals surface area contributed by atoms with Crippen LogP contribution in [-0.4, -0.2) is 25.0 Å². The fourth-order valence-electron chi connectivity index (χ4n) is 2.09. The number of hydrogen-bond donors (Lipinski definition) is 0. The maximum Gasteiger partial charge on any atom is 0.0201 e. The van der Waals surface area contributed by atoms with E-state index in [-0.39, 0.29) is 0 Å². The number of likely N-dealkylation sites (N-methyl/N-ethyl adjacent to an activating group) is 1. The first kappa shape index (κ1) is 13.4. The van der Waals surface area contributed by atoms with Gasteiger partial charge in [0.15, 0.2) is 0 Å². The Morgan fingerprint density at radius 3 is 2.21 bits per heavy atom. The van der Waals surface area contributed by atoms with Gasteiger partial charge in [0.05, 0.1) is 0 Å². The van der Waals surface area contributed by atoms with Crippen molar-refractivity contribution in [2.45, 2.75) is 34.6 Å². The van der Waals surface area contributed by atoms with Gasteiger partial charge in [-0.2, -0.15) is 0 Å². The predicted octanol–water partition coefficient (Wildman–Crippen LogP) is 3.49. The first-order chi connectivity index (χ1) is 6.47. The number of likely N-dealkylation sites (tertiary alicyclic amines) is 1. The Kier molecular flexibility index (Phi) is 5.14. The summed E-state index contributed by atoms with van der Waals surface area (Å²) in [4.78, 5) is 2.36. The minimum absolute atomic E-state index is 0.340. The van der Waals surface area contributed by atoms with E-state index in [1.54, 1.807) is 5.57 Å². The van der Waals surface area contributed by atoms with Gasteiger partial charge in [-0.1, -0.05) is 45.9 Å². The summed E-state index contributed by atoms with van der Waals surface area (Å²) in [5.74, 6) is 0. The molecular formula is C13H25N. The van der Waals surface area contributed by atoms with Gasteiger partial charge in [-0.3, -0.25) is 0 Å². The Morgan fingerprint density at radius 2 is 1.93 bits per heavy atom. The molecule has 0 saturated carbocycles. The third kappa shape index (κ3) is 2.98. The molecule has 0 amide bonds. The summed E-state index contributed by atoms with van der Waals surface area (Å²) in [6.07, 6.45) is 1.97. The largest absolute Gasteiger partial charge is 0.302 e. The zero-order chi connectivity index (χ0) is 11.4. The summed E-state index contributed by atoms with van der Waals surface area (Å²) < 4.78 is 0. The lowest BCUT2D eigenvalue weighted by molar-refractivity contribution is 0.346. The minimum atomic E-state index is 0.340. The number of rotatable bonds is 1. The maximum absolute atomic E-state index is 3.82. The molecule has 14 heavy (non-hydrogen) atoms. The molecular weight excluding hydrogens is 170 g/mol. The summed E-state index contributed by atoms with van der Waals surface area (Å²) in [5, 5.41) is 0. The molecule has 0 aromatic rings. The van der Waals surface area contributed by atoms with Crippen LogP contribution in [0.3, 0.4) is 0 Å². The monoisotopic (exact) mass is 195 g/mol. The molecule has 1 nitrogen and oxygen atoms in total. The molecule has 0 radical (unpaired) electrons. The zero-order valence-corrected chi connectivity index (χ0v) is 10.6. The lowest BCUT2D eigenvalue weighted by atomic mass is 9.85. The predicted molar refractivity (Wildman–Crippen MR) is 65.5 cm³/mol. The molecule has 0 N–H and O–H groups in total. The third-order valence-electron chi connectivity index (χ3n) is 2.69. The van der Waals surface area contributed by atoms with Crippen molar-refractivity contribution in [3.63, 3.8) is 0 Å². The van der Waals surface area contributed by atoms with Gasteiger partial charge in [0, 0.05) is 18.5 Å². The lowest BCUT2D eigenvalue weighted by Crippen LogP contribution is -2.18. The van der Waals surface area contributed by atoms with Crippen LogP contribution in [0.1, 0.15) is 34.6 Å². The van der Waals surface area contributed by atoms with Gasteiger partial charge in [0.2, 0.25) is 0 Å². The summed E-state index contributed by atoms with van der Waals surface area (Å²) in [5.41, 5.74) is 3.23. The highest BCUT2D eigenvalue weighted by molar-refractivity contribution is 5.31.